The second-order valence-corrected chi connectivity index (χ2v) is 5.58. The van der Waals surface area contributed by atoms with Crippen LogP contribution in [-0.4, -0.2) is 5.11 Å². The van der Waals surface area contributed by atoms with E-state index in [0.717, 1.165) is 22.6 Å². The summed E-state index contributed by atoms with van der Waals surface area (Å²) in [6.45, 7) is 0. The van der Waals surface area contributed by atoms with Gasteiger partial charge in [-0.15, -0.1) is 0 Å². The van der Waals surface area contributed by atoms with Crippen LogP contribution in [0, 0.1) is 0 Å². The molecule has 2 nitrogen and oxygen atoms in total. The van der Waals surface area contributed by atoms with Crippen LogP contribution in [0.25, 0.3) is 0 Å². The molecule has 0 radical (unpaired) electrons. The molecule has 2 atom stereocenters. The highest BCUT2D eigenvalue weighted by atomic mass is 35.5. The van der Waals surface area contributed by atoms with Gasteiger partial charge in [0.2, 0.25) is 0 Å². The largest absolute Gasteiger partial charge is 0.508 e. The zero-order chi connectivity index (χ0) is 13.4. The number of benzene rings is 2. The minimum atomic E-state index is 0.125. The van der Waals surface area contributed by atoms with E-state index in [0.29, 0.717) is 5.02 Å². The van der Waals surface area contributed by atoms with Crippen LogP contribution in [0.15, 0.2) is 42.5 Å². The van der Waals surface area contributed by atoms with Crippen LogP contribution in [-0.2, 0) is 0 Å². The van der Waals surface area contributed by atoms with Crippen LogP contribution in [0.1, 0.15) is 29.6 Å². The van der Waals surface area contributed by atoms with E-state index < -0.39 is 0 Å². The van der Waals surface area contributed by atoms with Crippen LogP contribution in [0.4, 0.5) is 0 Å². The normalized spacial score (nSPS) is 22.0. The molecule has 1 fully saturated rings. The minimum Gasteiger partial charge on any atom is -0.508 e. The Balaban J connectivity index is 1.77. The smallest absolute Gasteiger partial charge is 0.120 e. The molecule has 0 bridgehead atoms. The van der Waals surface area contributed by atoms with Gasteiger partial charge in [0.15, 0.2) is 0 Å². The molecule has 1 aliphatic heterocycles. The van der Waals surface area contributed by atoms with E-state index in [1.165, 1.54) is 0 Å². The Morgan fingerprint density at radius 2 is 1.68 bits per heavy atom. The molecular weight excluding hydrogens is 281 g/mol. The van der Waals surface area contributed by atoms with Gasteiger partial charge in [-0.2, -0.15) is 0 Å². The molecule has 2 aromatic carbocycles. The molecule has 2 aromatic rings. The first-order chi connectivity index (χ1) is 9.15. The Labute approximate surface area is 122 Å². The first-order valence-corrected chi connectivity index (χ1v) is 6.89. The number of rotatable bonds is 2. The Morgan fingerprint density at radius 1 is 1.00 bits per heavy atom. The van der Waals surface area contributed by atoms with Gasteiger partial charge in [0.25, 0.3) is 0 Å². The lowest BCUT2D eigenvalue weighted by Gasteiger charge is -2.38. The number of hydrogen-bond acceptors (Lipinski definition) is 2. The molecular formula is C15H13Cl2NO. The average molecular weight is 294 g/mol. The van der Waals surface area contributed by atoms with Crippen molar-refractivity contribution in [3.05, 3.63) is 63.6 Å². The van der Waals surface area contributed by atoms with E-state index in [1.807, 2.05) is 24.3 Å². The molecule has 2 unspecified atom stereocenters. The summed E-state index contributed by atoms with van der Waals surface area (Å²) in [5, 5.41) is 14.7. The number of halogens is 2. The molecule has 2 N–H and O–H groups in total. The van der Waals surface area contributed by atoms with Crippen molar-refractivity contribution in [2.24, 2.45) is 0 Å². The first-order valence-electron chi connectivity index (χ1n) is 6.14. The number of phenolic OH excluding ortho intramolecular Hbond substituents is 1. The van der Waals surface area contributed by atoms with Crippen molar-refractivity contribution in [3.63, 3.8) is 0 Å². The Kier molecular flexibility index (Phi) is 3.40. The van der Waals surface area contributed by atoms with Gasteiger partial charge in [0.05, 0.1) is 0 Å². The van der Waals surface area contributed by atoms with Crippen molar-refractivity contribution in [2.45, 2.75) is 18.5 Å². The van der Waals surface area contributed by atoms with Gasteiger partial charge in [0, 0.05) is 27.7 Å². The number of phenols is 1. The van der Waals surface area contributed by atoms with E-state index in [4.69, 9.17) is 23.2 Å². The lowest BCUT2D eigenvalue weighted by molar-refractivity contribution is 0.267. The molecule has 1 aliphatic rings. The monoisotopic (exact) mass is 293 g/mol. The van der Waals surface area contributed by atoms with Crippen molar-refractivity contribution in [3.8, 4) is 5.75 Å². The summed E-state index contributed by atoms with van der Waals surface area (Å²) in [7, 11) is 0. The summed E-state index contributed by atoms with van der Waals surface area (Å²) in [4.78, 5) is 0. The Bertz CT molecular complexity index is 609. The van der Waals surface area contributed by atoms with Gasteiger partial charge >= 0.3 is 0 Å². The third kappa shape index (κ3) is 2.44. The van der Waals surface area contributed by atoms with Gasteiger partial charge in [0.1, 0.15) is 5.75 Å². The van der Waals surface area contributed by atoms with E-state index in [1.54, 1.807) is 18.2 Å². The average Bonchev–Trinajstić information content (AvgIpc) is 2.34. The number of aromatic hydroxyl groups is 1. The fourth-order valence-corrected chi connectivity index (χ4v) is 2.90. The second kappa shape index (κ2) is 5.04. The van der Waals surface area contributed by atoms with Crippen LogP contribution in [0.3, 0.4) is 0 Å². The highest BCUT2D eigenvalue weighted by Crippen LogP contribution is 2.42. The predicted octanol–water partition coefficient (Wildman–Crippen LogP) is 4.47. The summed E-state index contributed by atoms with van der Waals surface area (Å²) >= 11 is 12.1. The molecule has 1 heterocycles. The molecule has 0 saturated carbocycles. The van der Waals surface area contributed by atoms with Gasteiger partial charge in [-0.1, -0.05) is 41.4 Å². The summed E-state index contributed by atoms with van der Waals surface area (Å²) in [5.41, 5.74) is 1.94. The molecule has 0 spiro atoms. The topological polar surface area (TPSA) is 32.3 Å². The van der Waals surface area contributed by atoms with E-state index in [-0.39, 0.29) is 17.8 Å². The van der Waals surface area contributed by atoms with Crippen LogP contribution >= 0.6 is 23.2 Å². The molecule has 0 amide bonds. The third-order valence-electron chi connectivity index (χ3n) is 3.52. The lowest BCUT2D eigenvalue weighted by Crippen LogP contribution is -2.39. The van der Waals surface area contributed by atoms with E-state index >= 15 is 0 Å². The van der Waals surface area contributed by atoms with Crippen molar-refractivity contribution in [2.75, 3.05) is 0 Å². The van der Waals surface area contributed by atoms with Crippen molar-refractivity contribution in [1.29, 1.82) is 0 Å². The fourth-order valence-electron chi connectivity index (χ4n) is 2.45. The molecule has 98 valence electrons. The zero-order valence-electron chi connectivity index (χ0n) is 10.1. The Hall–Kier alpha value is -1.22. The highest BCUT2D eigenvalue weighted by molar-refractivity contribution is 6.31. The van der Waals surface area contributed by atoms with E-state index in [2.05, 4.69) is 5.32 Å². The Morgan fingerprint density at radius 3 is 2.42 bits per heavy atom. The quantitative estimate of drug-likeness (QED) is 0.856. The van der Waals surface area contributed by atoms with Gasteiger partial charge < -0.3 is 10.4 Å². The fraction of sp³-hybridized carbons (Fsp3) is 0.200. The third-order valence-corrected chi connectivity index (χ3v) is 4.10. The molecule has 0 aliphatic carbocycles. The highest BCUT2D eigenvalue weighted by Gasteiger charge is 2.33. The molecule has 1 saturated heterocycles. The maximum absolute atomic E-state index is 9.86. The number of hydrogen-bond donors (Lipinski definition) is 2. The minimum absolute atomic E-state index is 0.125. The molecule has 19 heavy (non-hydrogen) atoms. The first kappa shape index (κ1) is 12.8. The molecule has 0 aromatic heterocycles. The predicted molar refractivity (Wildman–Crippen MR) is 77.8 cm³/mol. The molecule has 4 heteroatoms. The van der Waals surface area contributed by atoms with Crippen molar-refractivity contribution >= 4 is 23.2 Å². The van der Waals surface area contributed by atoms with Gasteiger partial charge in [-0.25, -0.2) is 0 Å². The maximum atomic E-state index is 9.86. The summed E-state index contributed by atoms with van der Waals surface area (Å²) in [6.07, 6.45) is 0.900. The lowest BCUT2D eigenvalue weighted by atomic mass is 9.86. The van der Waals surface area contributed by atoms with Crippen molar-refractivity contribution in [1.82, 2.24) is 5.32 Å². The SMILES string of the molecule is Oc1ccc(Cl)cc1C1CC(c2ccccc2Cl)N1. The summed E-state index contributed by atoms with van der Waals surface area (Å²) in [5.74, 6) is 0.277. The van der Waals surface area contributed by atoms with E-state index in [9.17, 15) is 5.11 Å². The van der Waals surface area contributed by atoms with Crippen molar-refractivity contribution < 1.29 is 5.11 Å². The van der Waals surface area contributed by atoms with Crippen LogP contribution in [0.5, 0.6) is 5.75 Å². The zero-order valence-corrected chi connectivity index (χ0v) is 11.6. The number of nitrogens with one attached hydrogen (secondary N) is 1. The molecule has 3 rings (SSSR count). The van der Waals surface area contributed by atoms with Gasteiger partial charge in [-0.3, -0.25) is 0 Å². The van der Waals surface area contributed by atoms with Gasteiger partial charge in [-0.05, 0) is 36.2 Å². The summed E-state index contributed by atoms with van der Waals surface area (Å²) in [6, 6.07) is 13.3. The van der Waals surface area contributed by atoms with Crippen LogP contribution in [0.2, 0.25) is 10.0 Å². The van der Waals surface area contributed by atoms with Crippen LogP contribution < -0.4 is 5.32 Å². The second-order valence-electron chi connectivity index (χ2n) is 4.73. The maximum Gasteiger partial charge on any atom is 0.120 e. The standard InChI is InChI=1S/C15H13Cl2NO/c16-9-5-6-15(19)11(7-9)14-8-13(18-14)10-3-1-2-4-12(10)17/h1-7,13-14,18-19H,8H2. The summed E-state index contributed by atoms with van der Waals surface area (Å²) < 4.78 is 0.